The Kier molecular flexibility index (Phi) is 3.35. The van der Waals surface area contributed by atoms with E-state index >= 15 is 0 Å². The number of H-pyrrole nitrogens is 1. The van der Waals surface area contributed by atoms with Crippen LogP contribution in [0.2, 0.25) is 0 Å². The summed E-state index contributed by atoms with van der Waals surface area (Å²) in [4.78, 5) is 0. The third kappa shape index (κ3) is 2.19. The molecule has 1 aromatic rings. The van der Waals surface area contributed by atoms with Crippen molar-refractivity contribution in [2.24, 2.45) is 0 Å². The quantitative estimate of drug-likeness (QED) is 0.861. The summed E-state index contributed by atoms with van der Waals surface area (Å²) in [5.74, 6) is 0.428. The molecule has 1 saturated carbocycles. The Morgan fingerprint density at radius 2 is 2.32 bits per heavy atom. The maximum atomic E-state index is 12.6. The van der Waals surface area contributed by atoms with Gasteiger partial charge in [-0.05, 0) is 31.7 Å². The predicted octanol–water partition coefficient (Wildman–Crippen LogP) is 1.69. The highest BCUT2D eigenvalue weighted by atomic mass is 35.5. The van der Waals surface area contributed by atoms with E-state index in [0.717, 1.165) is 18.5 Å². The smallest absolute Gasteiger partial charge is 0.221 e. The van der Waals surface area contributed by atoms with Crippen LogP contribution in [0.15, 0.2) is 12.3 Å². The molecule has 19 heavy (non-hydrogen) atoms. The molecule has 2 aliphatic rings. The lowest BCUT2D eigenvalue weighted by molar-refractivity contribution is 0.309. The minimum absolute atomic E-state index is 0.209. The lowest BCUT2D eigenvalue weighted by Crippen LogP contribution is -2.45. The number of halogens is 1. The van der Waals surface area contributed by atoms with E-state index in [1.54, 1.807) is 10.5 Å². The van der Waals surface area contributed by atoms with Gasteiger partial charge in [-0.25, -0.2) is 12.7 Å². The number of nitrogens with one attached hydrogen (secondary N) is 1. The lowest BCUT2D eigenvalue weighted by Gasteiger charge is -2.33. The van der Waals surface area contributed by atoms with Gasteiger partial charge >= 0.3 is 0 Å². The third-order valence-corrected chi connectivity index (χ3v) is 7.61. The van der Waals surface area contributed by atoms with E-state index in [4.69, 9.17) is 11.6 Å². The average molecular weight is 304 g/mol. The molecule has 3 rings (SSSR count). The summed E-state index contributed by atoms with van der Waals surface area (Å²) in [6.45, 7) is 1.16. The Hall–Kier alpha value is -0.590. The number of hydrogen-bond acceptors (Lipinski definition) is 3. The molecule has 1 N–H and O–H groups in total. The average Bonchev–Trinajstić information content (AvgIpc) is 3.06. The van der Waals surface area contributed by atoms with Crippen molar-refractivity contribution in [1.29, 1.82) is 0 Å². The molecule has 0 aromatic carbocycles. The first-order valence-corrected chi connectivity index (χ1v) is 8.61. The summed E-state index contributed by atoms with van der Waals surface area (Å²) < 4.78 is 26.2. The molecule has 0 bridgehead atoms. The van der Waals surface area contributed by atoms with Crippen LogP contribution in [0, 0.1) is 0 Å². The van der Waals surface area contributed by atoms with E-state index < -0.39 is 14.8 Å². The van der Waals surface area contributed by atoms with Gasteiger partial charge in [0.1, 0.15) is 4.75 Å². The van der Waals surface area contributed by atoms with Crippen LogP contribution >= 0.6 is 11.6 Å². The maximum absolute atomic E-state index is 12.6. The summed E-state index contributed by atoms with van der Waals surface area (Å²) in [5, 5.41) is 6.90. The molecule has 1 aliphatic heterocycles. The van der Waals surface area contributed by atoms with E-state index in [9.17, 15) is 8.42 Å². The lowest BCUT2D eigenvalue weighted by atomic mass is 9.96. The second-order valence-electron chi connectivity index (χ2n) is 5.53. The summed E-state index contributed by atoms with van der Waals surface area (Å²) >= 11 is 5.87. The van der Waals surface area contributed by atoms with Gasteiger partial charge in [-0.3, -0.25) is 5.10 Å². The zero-order chi connectivity index (χ0) is 13.5. The van der Waals surface area contributed by atoms with E-state index in [2.05, 4.69) is 10.2 Å². The Labute approximate surface area is 118 Å². The number of piperidine rings is 1. The first-order valence-electron chi connectivity index (χ1n) is 6.64. The van der Waals surface area contributed by atoms with Gasteiger partial charge in [0.2, 0.25) is 10.0 Å². The van der Waals surface area contributed by atoms with Crippen LogP contribution in [0.1, 0.15) is 37.3 Å². The first kappa shape index (κ1) is 13.4. The van der Waals surface area contributed by atoms with E-state index in [-0.39, 0.29) is 11.8 Å². The van der Waals surface area contributed by atoms with Gasteiger partial charge in [-0.1, -0.05) is 0 Å². The highest BCUT2D eigenvalue weighted by molar-refractivity contribution is 7.90. The Balaban J connectivity index is 1.79. The fourth-order valence-electron chi connectivity index (χ4n) is 2.78. The number of hydrogen-bond donors (Lipinski definition) is 1. The van der Waals surface area contributed by atoms with Crippen molar-refractivity contribution >= 4 is 21.6 Å². The van der Waals surface area contributed by atoms with Crippen LogP contribution in [0.25, 0.3) is 0 Å². The van der Waals surface area contributed by atoms with Gasteiger partial charge in [0, 0.05) is 36.8 Å². The minimum atomic E-state index is -3.26. The zero-order valence-electron chi connectivity index (χ0n) is 10.7. The molecular weight excluding hydrogens is 286 g/mol. The van der Waals surface area contributed by atoms with Crippen LogP contribution in [-0.2, 0) is 10.0 Å². The van der Waals surface area contributed by atoms with Crippen LogP contribution in [0.3, 0.4) is 0 Å². The Bertz CT molecular complexity index is 539. The molecular formula is C12H18ClN3O2S. The molecule has 1 aliphatic carbocycles. The molecule has 2 fully saturated rings. The van der Waals surface area contributed by atoms with Crippen molar-refractivity contribution in [3.8, 4) is 0 Å². The van der Waals surface area contributed by atoms with Gasteiger partial charge in [0.25, 0.3) is 0 Å². The Morgan fingerprint density at radius 1 is 1.53 bits per heavy atom. The van der Waals surface area contributed by atoms with Gasteiger partial charge in [0.05, 0.1) is 0 Å². The van der Waals surface area contributed by atoms with Crippen molar-refractivity contribution < 1.29 is 8.42 Å². The van der Waals surface area contributed by atoms with Gasteiger partial charge in [0.15, 0.2) is 0 Å². The zero-order valence-corrected chi connectivity index (χ0v) is 12.3. The van der Waals surface area contributed by atoms with Crippen molar-refractivity contribution in [2.75, 3.05) is 19.0 Å². The standard InChI is InChI=1S/C12H18ClN3O2S/c13-9-12(4-5-12)19(17,18)16-7-1-2-10(8-16)11-3-6-14-15-11/h3,6,10H,1-2,4-5,7-9H2,(H,14,15). The number of aromatic nitrogens is 2. The monoisotopic (exact) mass is 303 g/mol. The highest BCUT2D eigenvalue weighted by Crippen LogP contribution is 2.47. The molecule has 0 radical (unpaired) electrons. The molecule has 7 heteroatoms. The SMILES string of the molecule is O=S(=O)(N1CCCC(c2ccn[nH]2)C1)C1(CCl)CC1. The number of sulfonamides is 1. The normalized spacial score (nSPS) is 27.3. The van der Waals surface area contributed by atoms with Crippen LogP contribution in [-0.4, -0.2) is 46.6 Å². The van der Waals surface area contributed by atoms with Crippen molar-refractivity contribution in [2.45, 2.75) is 36.3 Å². The van der Waals surface area contributed by atoms with Crippen LogP contribution in [0.5, 0.6) is 0 Å². The van der Waals surface area contributed by atoms with E-state index in [1.807, 2.05) is 6.07 Å². The van der Waals surface area contributed by atoms with Gasteiger partial charge in [-0.2, -0.15) is 5.10 Å². The van der Waals surface area contributed by atoms with Gasteiger partial charge < -0.3 is 0 Å². The fraction of sp³-hybridized carbons (Fsp3) is 0.750. The van der Waals surface area contributed by atoms with E-state index in [1.165, 1.54) is 0 Å². The van der Waals surface area contributed by atoms with Crippen molar-refractivity contribution in [3.63, 3.8) is 0 Å². The fourth-order valence-corrected chi connectivity index (χ4v) is 5.51. The van der Waals surface area contributed by atoms with E-state index in [0.29, 0.717) is 25.9 Å². The molecule has 1 aromatic heterocycles. The second-order valence-corrected chi connectivity index (χ2v) is 8.13. The number of nitrogens with zero attached hydrogens (tertiary/aromatic N) is 2. The van der Waals surface area contributed by atoms with Crippen LogP contribution in [0.4, 0.5) is 0 Å². The first-order chi connectivity index (χ1) is 9.09. The number of aromatic amines is 1. The molecule has 2 heterocycles. The summed E-state index contributed by atoms with van der Waals surface area (Å²) in [5.41, 5.74) is 1.02. The Morgan fingerprint density at radius 3 is 2.89 bits per heavy atom. The predicted molar refractivity (Wildman–Crippen MR) is 73.7 cm³/mol. The summed E-state index contributed by atoms with van der Waals surface area (Å²) in [6.07, 6.45) is 5.00. The van der Waals surface area contributed by atoms with Crippen molar-refractivity contribution in [1.82, 2.24) is 14.5 Å². The molecule has 1 atom stereocenters. The maximum Gasteiger partial charge on any atom is 0.221 e. The molecule has 5 nitrogen and oxygen atoms in total. The summed E-state index contributed by atoms with van der Waals surface area (Å²) in [7, 11) is -3.26. The topological polar surface area (TPSA) is 66.1 Å². The molecule has 1 saturated heterocycles. The largest absolute Gasteiger partial charge is 0.282 e. The summed E-state index contributed by atoms with van der Waals surface area (Å²) in [6, 6.07) is 1.93. The van der Waals surface area contributed by atoms with Gasteiger partial charge in [-0.15, -0.1) is 11.6 Å². The molecule has 0 amide bonds. The van der Waals surface area contributed by atoms with Crippen LogP contribution < -0.4 is 0 Å². The highest BCUT2D eigenvalue weighted by Gasteiger charge is 2.56. The second kappa shape index (κ2) is 4.75. The minimum Gasteiger partial charge on any atom is -0.282 e. The third-order valence-electron chi connectivity index (χ3n) is 4.28. The van der Waals surface area contributed by atoms with Crippen molar-refractivity contribution in [3.05, 3.63) is 18.0 Å². The number of alkyl halides is 1. The molecule has 0 spiro atoms. The molecule has 1 unspecified atom stereocenters. The molecule has 106 valence electrons. The number of rotatable bonds is 4.